The summed E-state index contributed by atoms with van der Waals surface area (Å²) >= 11 is 5.83. The van der Waals surface area contributed by atoms with E-state index in [0.717, 1.165) is 5.56 Å². The average Bonchev–Trinajstić information content (AvgIpc) is 2.67. The van der Waals surface area contributed by atoms with Crippen molar-refractivity contribution < 1.29 is 19.8 Å². The Balaban J connectivity index is 1.75. The van der Waals surface area contributed by atoms with Crippen LogP contribution in [0.15, 0.2) is 59.5 Å². The van der Waals surface area contributed by atoms with Gasteiger partial charge in [-0.1, -0.05) is 47.7 Å². The number of nitrogens with one attached hydrogen (secondary N) is 1. The highest BCUT2D eigenvalue weighted by Gasteiger charge is 2.36. The first-order valence-electron chi connectivity index (χ1n) is 8.18. The largest absolute Gasteiger partial charge is 0.509 e. The Labute approximate surface area is 161 Å². The van der Waals surface area contributed by atoms with E-state index in [4.69, 9.17) is 16.7 Å². The molecule has 2 atom stereocenters. The van der Waals surface area contributed by atoms with Crippen LogP contribution in [0.2, 0.25) is 5.02 Å². The highest BCUT2D eigenvalue weighted by atomic mass is 35.5. The van der Waals surface area contributed by atoms with Gasteiger partial charge in [0, 0.05) is 23.3 Å². The third-order valence-electron chi connectivity index (χ3n) is 4.13. The van der Waals surface area contributed by atoms with Crippen LogP contribution in [0.5, 0.6) is 0 Å². The van der Waals surface area contributed by atoms with Gasteiger partial charge >= 0.3 is 0 Å². The van der Waals surface area contributed by atoms with Crippen molar-refractivity contribution in [1.82, 2.24) is 10.6 Å². The molecule has 137 valence electrons. The van der Waals surface area contributed by atoms with Gasteiger partial charge in [-0.15, -0.1) is 0 Å². The number of rotatable bonds is 3. The van der Waals surface area contributed by atoms with Crippen LogP contribution in [-0.4, -0.2) is 34.6 Å². The molecule has 3 N–H and O–H groups in total. The Morgan fingerprint density at radius 1 is 1.30 bits per heavy atom. The molecule has 1 aliphatic carbocycles. The van der Waals surface area contributed by atoms with E-state index in [1.54, 1.807) is 36.4 Å². The summed E-state index contributed by atoms with van der Waals surface area (Å²) in [7, 11) is 0. The highest BCUT2D eigenvalue weighted by Crippen LogP contribution is 2.30. The van der Waals surface area contributed by atoms with Gasteiger partial charge in [0.05, 0.1) is 5.57 Å². The fraction of sp³-hybridized carbons (Fsp3) is 0.200. The van der Waals surface area contributed by atoms with Crippen LogP contribution in [0.1, 0.15) is 5.56 Å². The smallest absolute Gasteiger partial charge is 0.252 e. The summed E-state index contributed by atoms with van der Waals surface area (Å²) in [5.74, 6) is 2.93. The first-order valence-corrected chi connectivity index (χ1v) is 8.56. The fourth-order valence-electron chi connectivity index (χ4n) is 2.76. The molecule has 2 unspecified atom stereocenters. The Morgan fingerprint density at radius 2 is 2.04 bits per heavy atom. The molecule has 7 heteroatoms. The minimum atomic E-state index is -1.20. The van der Waals surface area contributed by atoms with Crippen molar-refractivity contribution in [2.24, 2.45) is 5.92 Å². The van der Waals surface area contributed by atoms with E-state index in [1.165, 1.54) is 6.20 Å². The summed E-state index contributed by atoms with van der Waals surface area (Å²) < 4.78 is 0. The van der Waals surface area contributed by atoms with Gasteiger partial charge in [-0.05, 0) is 17.7 Å². The molecule has 1 aromatic rings. The first kappa shape index (κ1) is 18.8. The van der Waals surface area contributed by atoms with Crippen molar-refractivity contribution in [3.63, 3.8) is 0 Å². The number of ketones is 1. The van der Waals surface area contributed by atoms with Crippen molar-refractivity contribution in [1.29, 1.82) is 0 Å². The van der Waals surface area contributed by atoms with Crippen LogP contribution >= 0.6 is 11.6 Å². The van der Waals surface area contributed by atoms with Gasteiger partial charge in [0.25, 0.3) is 5.91 Å². The van der Waals surface area contributed by atoms with Crippen molar-refractivity contribution in [3.05, 3.63) is 70.1 Å². The van der Waals surface area contributed by atoms with E-state index in [2.05, 4.69) is 22.5 Å². The quantitative estimate of drug-likeness (QED) is 0.686. The van der Waals surface area contributed by atoms with Crippen molar-refractivity contribution in [2.45, 2.75) is 12.6 Å². The molecule has 1 radical (unpaired) electrons. The minimum absolute atomic E-state index is 0.0383. The second-order valence-electron chi connectivity index (χ2n) is 5.92. The standard InChI is InChI=1S/C20H16ClN2O4/c21-15-7-3-12(4-8-15)10-23-20(27)17-19(26)16-14(11-22-17)6-5-13(18(16)25)2-1-9-24/h3-8,11,13,17,24,26H,9-10H2,(H,23,27). The number of halogens is 1. The normalized spacial score (nSPS) is 20.8. The molecule has 0 saturated carbocycles. The number of hydrogen-bond acceptors (Lipinski definition) is 4. The van der Waals surface area contributed by atoms with Crippen molar-refractivity contribution in [2.75, 3.05) is 6.61 Å². The monoisotopic (exact) mass is 383 g/mol. The highest BCUT2D eigenvalue weighted by molar-refractivity contribution is 6.30. The van der Waals surface area contributed by atoms with E-state index >= 15 is 0 Å². The molecule has 0 bridgehead atoms. The Bertz CT molecular complexity index is 920. The number of amides is 1. The van der Waals surface area contributed by atoms with Crippen molar-refractivity contribution >= 4 is 23.3 Å². The number of benzene rings is 1. The van der Waals surface area contributed by atoms with Crippen LogP contribution in [0, 0.1) is 17.8 Å². The second-order valence-corrected chi connectivity index (χ2v) is 6.36. The van der Waals surface area contributed by atoms with E-state index < -0.39 is 29.4 Å². The molecule has 2 aliphatic rings. The summed E-state index contributed by atoms with van der Waals surface area (Å²) in [5, 5.41) is 26.6. The number of carbonyl (C=O) groups excluding carboxylic acids is 2. The zero-order chi connectivity index (χ0) is 19.4. The fourth-order valence-corrected chi connectivity index (χ4v) is 2.89. The van der Waals surface area contributed by atoms with Crippen LogP contribution < -0.4 is 10.6 Å². The summed E-state index contributed by atoms with van der Waals surface area (Å²) in [6.45, 7) is -0.129. The van der Waals surface area contributed by atoms with Crippen molar-refractivity contribution in [3.8, 4) is 11.8 Å². The molecule has 6 nitrogen and oxygen atoms in total. The summed E-state index contributed by atoms with van der Waals surface area (Å²) in [6.07, 6.45) is 4.59. The molecular formula is C20H16ClN2O4. The van der Waals surface area contributed by atoms with Gasteiger partial charge in [-0.3, -0.25) is 14.9 Å². The summed E-state index contributed by atoms with van der Waals surface area (Å²) in [4.78, 5) is 25.0. The van der Waals surface area contributed by atoms with Gasteiger partial charge in [-0.2, -0.15) is 0 Å². The Hall–Kier alpha value is -3.01. The van der Waals surface area contributed by atoms with E-state index in [0.29, 0.717) is 10.6 Å². The predicted molar refractivity (Wildman–Crippen MR) is 99.5 cm³/mol. The molecule has 3 rings (SSSR count). The molecule has 1 aliphatic heterocycles. The molecule has 0 saturated heterocycles. The molecule has 0 fully saturated rings. The molecule has 27 heavy (non-hydrogen) atoms. The van der Waals surface area contributed by atoms with Crippen LogP contribution in [0.4, 0.5) is 0 Å². The van der Waals surface area contributed by atoms with Crippen LogP contribution in [0.25, 0.3) is 0 Å². The SMILES string of the molecule is O=C1C2=C(O)C(C(=O)NCc3ccc(Cl)cc3)[N]C=C2C=CC1C#CCO. The van der Waals surface area contributed by atoms with Crippen LogP contribution in [-0.2, 0) is 16.1 Å². The molecular weight excluding hydrogens is 368 g/mol. The maximum Gasteiger partial charge on any atom is 0.252 e. The van der Waals surface area contributed by atoms with E-state index in [9.17, 15) is 14.7 Å². The minimum Gasteiger partial charge on any atom is -0.509 e. The number of nitrogens with zero attached hydrogens (tertiary/aromatic N) is 1. The molecule has 1 aromatic carbocycles. The lowest BCUT2D eigenvalue weighted by Crippen LogP contribution is -2.43. The topological polar surface area (TPSA) is 101 Å². The number of fused-ring (bicyclic) bond motifs is 1. The molecule has 0 aromatic heterocycles. The van der Waals surface area contributed by atoms with Gasteiger partial charge in [0.1, 0.15) is 18.3 Å². The maximum atomic E-state index is 12.6. The zero-order valence-corrected chi connectivity index (χ0v) is 14.9. The number of Topliss-reactive ketones (excluding diaryl/α,β-unsaturated/α-hetero) is 1. The zero-order valence-electron chi connectivity index (χ0n) is 14.1. The number of allylic oxidation sites excluding steroid dienone is 4. The third kappa shape index (κ3) is 4.05. The van der Waals surface area contributed by atoms with Crippen LogP contribution in [0.3, 0.4) is 0 Å². The van der Waals surface area contributed by atoms with Gasteiger partial charge in [0.15, 0.2) is 11.8 Å². The number of carbonyl (C=O) groups is 2. The molecule has 1 amide bonds. The van der Waals surface area contributed by atoms with E-state index in [1.807, 2.05) is 0 Å². The lowest BCUT2D eigenvalue weighted by Gasteiger charge is -2.25. The van der Waals surface area contributed by atoms with Gasteiger partial charge in [0.2, 0.25) is 0 Å². The molecule has 1 heterocycles. The lowest BCUT2D eigenvalue weighted by molar-refractivity contribution is -0.123. The average molecular weight is 384 g/mol. The second kappa shape index (κ2) is 8.12. The lowest BCUT2D eigenvalue weighted by atomic mass is 9.83. The van der Waals surface area contributed by atoms with Gasteiger partial charge in [-0.25, -0.2) is 0 Å². The van der Waals surface area contributed by atoms with Gasteiger partial charge < -0.3 is 15.5 Å². The number of aliphatic hydroxyl groups is 2. The molecule has 0 spiro atoms. The number of hydrogen-bond donors (Lipinski definition) is 3. The first-order chi connectivity index (χ1) is 13.0. The Kier molecular flexibility index (Phi) is 5.65. The van der Waals surface area contributed by atoms with E-state index in [-0.39, 0.29) is 18.7 Å². The third-order valence-corrected chi connectivity index (χ3v) is 4.38. The number of aliphatic hydroxyl groups excluding tert-OH is 2. The summed E-state index contributed by atoms with van der Waals surface area (Å²) in [5.41, 5.74) is 1.31. The Morgan fingerprint density at radius 3 is 2.74 bits per heavy atom. The predicted octanol–water partition coefficient (Wildman–Crippen LogP) is 1.39. The maximum absolute atomic E-state index is 12.6. The summed E-state index contributed by atoms with van der Waals surface area (Å²) in [6, 6.07) is 5.78.